The lowest BCUT2D eigenvalue weighted by atomic mass is 9.93. The summed E-state index contributed by atoms with van der Waals surface area (Å²) in [5.41, 5.74) is 17.4. The Bertz CT molecular complexity index is 3750. The highest BCUT2D eigenvalue weighted by atomic mass is 32.1. The molecule has 0 aliphatic heterocycles. The van der Waals surface area contributed by atoms with Gasteiger partial charge in [0, 0.05) is 84.6 Å². The molecule has 0 bridgehead atoms. The van der Waals surface area contributed by atoms with Crippen LogP contribution >= 0.6 is 11.3 Å². The van der Waals surface area contributed by atoms with E-state index in [2.05, 4.69) is 232 Å². The lowest BCUT2D eigenvalue weighted by Crippen LogP contribution is -2.13. The fraction of sp³-hybridized carbons (Fsp3) is 0.0154. The number of methoxy groups -OCH3 is 1. The van der Waals surface area contributed by atoms with E-state index in [0.29, 0.717) is 0 Å². The van der Waals surface area contributed by atoms with Crippen LogP contribution in [-0.4, -0.2) is 17.1 Å². The van der Waals surface area contributed by atoms with Gasteiger partial charge in [-0.25, -0.2) is 0 Å². The van der Waals surface area contributed by atoms with Crippen molar-refractivity contribution in [2.24, 2.45) is 0 Å². The van der Waals surface area contributed by atoms with E-state index >= 15 is 0 Å². The Hall–Kier alpha value is -9.10. The third-order valence-electron chi connectivity index (χ3n) is 13.1. The van der Waals surface area contributed by atoms with Crippen molar-refractivity contribution in [3.63, 3.8) is 0 Å². The maximum atomic E-state index is 5.54. The molecule has 3 aromatic heterocycles. The summed E-state index contributed by atoms with van der Waals surface area (Å²) < 4.78 is 8.04. The number of pyridine rings is 2. The molecule has 5 nitrogen and oxygen atoms in total. The van der Waals surface area contributed by atoms with Crippen molar-refractivity contribution in [1.82, 2.24) is 9.97 Å². The van der Waals surface area contributed by atoms with Gasteiger partial charge in [-0.1, -0.05) is 133 Å². The Morgan fingerprint density at radius 1 is 0.352 bits per heavy atom. The van der Waals surface area contributed by atoms with Gasteiger partial charge < -0.3 is 14.5 Å². The van der Waals surface area contributed by atoms with Crippen LogP contribution in [0.1, 0.15) is 0 Å². The Balaban J connectivity index is 1.11. The number of nitrogens with zero attached hydrogens (tertiary/aromatic N) is 4. The van der Waals surface area contributed by atoms with Crippen molar-refractivity contribution in [2.45, 2.75) is 0 Å². The first-order valence-electron chi connectivity index (χ1n) is 23.7. The fourth-order valence-corrected chi connectivity index (χ4v) is 11.0. The van der Waals surface area contributed by atoms with Gasteiger partial charge in [-0.3, -0.25) is 9.97 Å². The molecule has 0 unspecified atom stereocenters. The normalized spacial score (nSPS) is 11.2. The molecule has 0 saturated carbocycles. The van der Waals surface area contributed by atoms with Gasteiger partial charge in [-0.2, -0.15) is 0 Å². The van der Waals surface area contributed by atoms with E-state index < -0.39 is 0 Å². The molecule has 0 amide bonds. The van der Waals surface area contributed by atoms with Crippen molar-refractivity contribution in [1.29, 1.82) is 0 Å². The molecular weight excluding hydrogens is 885 g/mol. The molecule has 12 aromatic rings. The number of thiophene rings is 1. The summed E-state index contributed by atoms with van der Waals surface area (Å²) in [7, 11) is 1.70. The highest BCUT2D eigenvalue weighted by Gasteiger charge is 2.23. The number of ether oxygens (including phenoxy) is 1. The minimum absolute atomic E-state index is 0.824. The Kier molecular flexibility index (Phi) is 11.6. The average Bonchev–Trinajstić information content (AvgIpc) is 3.84. The zero-order chi connectivity index (χ0) is 47.5. The average molecular weight is 931 g/mol. The number of fused-ring (bicyclic) bond motifs is 3. The van der Waals surface area contributed by atoms with E-state index in [1.54, 1.807) is 7.11 Å². The van der Waals surface area contributed by atoms with Crippen LogP contribution in [0.3, 0.4) is 0 Å². The molecule has 71 heavy (non-hydrogen) atoms. The highest BCUT2D eigenvalue weighted by molar-refractivity contribution is 7.26. The maximum Gasteiger partial charge on any atom is 0.118 e. The standard InChI is InChI=1S/C65H46N4OS/c1-70-59-32-28-45(29-33-59)48-15-11-23-56(39-48)69(55-30-26-46(27-31-55)50-17-12-36-66-43-50)58-41-52(40-57(42-58)68(53-19-4-2-5-20-53)54-21-6-3-7-22-54)60-34-35-61(65-64(60)62-24-8-9-25-63(62)71-65)49-16-10-14-47(38-49)51-18-13-37-67-44-51/h2-44H,1H3. The van der Waals surface area contributed by atoms with Crippen LogP contribution in [0.15, 0.2) is 261 Å². The van der Waals surface area contributed by atoms with Gasteiger partial charge in [-0.15, -0.1) is 11.3 Å². The first-order valence-corrected chi connectivity index (χ1v) is 24.5. The summed E-state index contributed by atoms with van der Waals surface area (Å²) in [4.78, 5) is 13.6. The number of anilines is 6. The molecule has 6 heteroatoms. The second-order valence-corrected chi connectivity index (χ2v) is 18.5. The molecule has 0 spiro atoms. The molecule has 12 rings (SSSR count). The Morgan fingerprint density at radius 3 is 1.52 bits per heavy atom. The van der Waals surface area contributed by atoms with Gasteiger partial charge >= 0.3 is 0 Å². The smallest absolute Gasteiger partial charge is 0.118 e. The van der Waals surface area contributed by atoms with Crippen LogP contribution in [0.4, 0.5) is 34.1 Å². The molecule has 338 valence electrons. The SMILES string of the molecule is COc1ccc(-c2cccc(N(c3ccc(-c4cccnc4)cc3)c3cc(-c4ccc(-c5cccc(-c6cccnc6)c5)c5sc6ccccc6c45)cc(N(c4ccccc4)c4ccccc4)c3)c2)cc1. The fourth-order valence-electron chi connectivity index (χ4n) is 9.70. The molecule has 0 aliphatic rings. The van der Waals surface area contributed by atoms with E-state index in [4.69, 9.17) is 4.74 Å². The van der Waals surface area contributed by atoms with Crippen LogP contribution < -0.4 is 14.5 Å². The van der Waals surface area contributed by atoms with Crippen LogP contribution in [0.5, 0.6) is 5.75 Å². The lowest BCUT2D eigenvalue weighted by molar-refractivity contribution is 0.415. The zero-order valence-corrected chi connectivity index (χ0v) is 39.7. The van der Waals surface area contributed by atoms with Crippen molar-refractivity contribution in [3.05, 3.63) is 261 Å². The first kappa shape index (κ1) is 43.2. The lowest BCUT2D eigenvalue weighted by Gasteiger charge is -2.30. The van der Waals surface area contributed by atoms with Crippen LogP contribution in [-0.2, 0) is 0 Å². The molecule has 0 saturated heterocycles. The molecule has 0 atom stereocenters. The molecule has 3 heterocycles. The number of hydrogen-bond donors (Lipinski definition) is 0. The van der Waals surface area contributed by atoms with E-state index in [1.165, 1.54) is 31.3 Å². The van der Waals surface area contributed by atoms with Gasteiger partial charge in [0.2, 0.25) is 0 Å². The number of rotatable bonds is 12. The molecule has 0 aliphatic carbocycles. The van der Waals surface area contributed by atoms with Crippen LogP contribution in [0.2, 0.25) is 0 Å². The Morgan fingerprint density at radius 2 is 0.859 bits per heavy atom. The number of hydrogen-bond acceptors (Lipinski definition) is 6. The van der Waals surface area contributed by atoms with Gasteiger partial charge in [0.15, 0.2) is 0 Å². The largest absolute Gasteiger partial charge is 0.497 e. The first-order chi connectivity index (χ1) is 35.1. The summed E-state index contributed by atoms with van der Waals surface area (Å²) in [6.07, 6.45) is 7.49. The predicted molar refractivity (Wildman–Crippen MR) is 298 cm³/mol. The summed E-state index contributed by atoms with van der Waals surface area (Å²) in [6.45, 7) is 0. The van der Waals surface area contributed by atoms with E-state index in [9.17, 15) is 0 Å². The Labute approximate surface area is 417 Å². The van der Waals surface area contributed by atoms with Gasteiger partial charge in [0.1, 0.15) is 5.75 Å². The second kappa shape index (κ2) is 19.1. The topological polar surface area (TPSA) is 41.5 Å². The minimum Gasteiger partial charge on any atom is -0.497 e. The monoisotopic (exact) mass is 930 g/mol. The van der Waals surface area contributed by atoms with Crippen molar-refractivity contribution in [3.8, 4) is 61.4 Å². The summed E-state index contributed by atoms with van der Waals surface area (Å²) in [5.74, 6) is 0.824. The molecule has 9 aromatic carbocycles. The van der Waals surface area contributed by atoms with Gasteiger partial charge in [-0.05, 0) is 153 Å². The second-order valence-electron chi connectivity index (χ2n) is 17.4. The highest BCUT2D eigenvalue weighted by Crippen LogP contribution is 2.49. The molecular formula is C65H46N4OS. The van der Waals surface area contributed by atoms with Crippen LogP contribution in [0, 0.1) is 0 Å². The van der Waals surface area contributed by atoms with Crippen molar-refractivity contribution >= 4 is 65.6 Å². The van der Waals surface area contributed by atoms with E-state index in [0.717, 1.165) is 84.4 Å². The van der Waals surface area contributed by atoms with E-state index in [-0.39, 0.29) is 0 Å². The van der Waals surface area contributed by atoms with Crippen molar-refractivity contribution in [2.75, 3.05) is 16.9 Å². The predicted octanol–water partition coefficient (Wildman–Crippen LogP) is 18.1. The summed E-state index contributed by atoms with van der Waals surface area (Å²) in [5, 5.41) is 2.47. The van der Waals surface area contributed by atoms with Crippen LogP contribution in [0.25, 0.3) is 75.8 Å². The third-order valence-corrected chi connectivity index (χ3v) is 14.3. The van der Waals surface area contributed by atoms with Gasteiger partial charge in [0.05, 0.1) is 7.11 Å². The number of benzene rings is 9. The number of para-hydroxylation sites is 2. The van der Waals surface area contributed by atoms with E-state index in [1.807, 2.05) is 60.4 Å². The molecule has 0 radical (unpaired) electrons. The third kappa shape index (κ3) is 8.58. The minimum atomic E-state index is 0.824. The molecule has 0 N–H and O–H groups in total. The zero-order valence-electron chi connectivity index (χ0n) is 38.9. The molecule has 0 fully saturated rings. The number of aromatic nitrogens is 2. The maximum absolute atomic E-state index is 5.54. The quantitative estimate of drug-likeness (QED) is 0.122. The van der Waals surface area contributed by atoms with Crippen molar-refractivity contribution < 1.29 is 4.74 Å². The summed E-state index contributed by atoms with van der Waals surface area (Å²) >= 11 is 1.86. The summed E-state index contributed by atoms with van der Waals surface area (Å²) in [6, 6.07) is 84.9. The van der Waals surface area contributed by atoms with Gasteiger partial charge in [0.25, 0.3) is 0 Å².